The molecule has 13 nitrogen and oxygen atoms in total. The molecule has 43 heavy (non-hydrogen) atoms. The quantitative estimate of drug-likeness (QED) is 0.0771. The van der Waals surface area contributed by atoms with Gasteiger partial charge in [-0.05, 0) is 41.5 Å². The molecule has 0 aliphatic carbocycles. The van der Waals surface area contributed by atoms with Gasteiger partial charge < -0.3 is 19.4 Å². The summed E-state index contributed by atoms with van der Waals surface area (Å²) in [6.07, 6.45) is 2.28. The van der Waals surface area contributed by atoms with Gasteiger partial charge in [-0.25, -0.2) is 25.3 Å². The van der Waals surface area contributed by atoms with Crippen molar-refractivity contribution in [3.63, 3.8) is 0 Å². The summed E-state index contributed by atoms with van der Waals surface area (Å²) in [5, 5.41) is 8.92. The summed E-state index contributed by atoms with van der Waals surface area (Å²) in [6.45, 7) is 0. The third-order valence-corrected chi connectivity index (χ3v) is 8.53. The van der Waals surface area contributed by atoms with Crippen molar-refractivity contribution in [2.75, 3.05) is 5.73 Å². The first-order valence-corrected chi connectivity index (χ1v) is 15.2. The summed E-state index contributed by atoms with van der Waals surface area (Å²) in [5.74, 6) is 0. The van der Waals surface area contributed by atoms with Crippen LogP contribution >= 0.6 is 0 Å². The number of nitrogen functional groups attached to an aromatic ring is 1. The molecule has 0 bridgehead atoms. The molecule has 0 saturated carbocycles. The predicted molar refractivity (Wildman–Crippen MR) is 140 cm³/mol. The molecule has 4 aromatic carbocycles. The van der Waals surface area contributed by atoms with Gasteiger partial charge in [0.1, 0.15) is 41.4 Å². The second-order valence-electron chi connectivity index (χ2n) is 8.49. The minimum absolute atomic E-state index is 0. The van der Waals surface area contributed by atoms with Crippen LogP contribution in [-0.2, 0) is 30.4 Å². The Morgan fingerprint density at radius 3 is 1.70 bits per heavy atom. The van der Waals surface area contributed by atoms with Crippen molar-refractivity contribution in [3.05, 3.63) is 77.9 Å². The number of fused-ring (bicyclic) bond motifs is 3. The van der Waals surface area contributed by atoms with Gasteiger partial charge in [-0.15, -0.1) is 10.2 Å². The van der Waals surface area contributed by atoms with E-state index in [0.717, 1.165) is 35.1 Å². The van der Waals surface area contributed by atoms with Crippen molar-refractivity contribution < 1.29 is 128 Å². The van der Waals surface area contributed by atoms with Crippen LogP contribution in [0.3, 0.4) is 0 Å². The number of nitrogens with zero attached hydrogens (tertiary/aromatic N) is 3. The smallest absolute Gasteiger partial charge is 0.744 e. The monoisotopic (exact) mass is 668 g/mol. The van der Waals surface area contributed by atoms with Gasteiger partial charge in [-0.2, -0.15) is 4.80 Å². The van der Waals surface area contributed by atoms with E-state index in [1.165, 1.54) is 30.3 Å². The van der Waals surface area contributed by atoms with Crippen molar-refractivity contribution in [3.8, 4) is 5.69 Å². The SMILES string of the molecule is Nc1ccc(C=Cc2ccc(-n3nc4cc(S(=O)(=O)[O-])c5ccccc5c4n3)cc2S(=O)(=O)[O-])c(S(=O)(=O)[O-])c1.[Na+].[Na+].[Na+]. The van der Waals surface area contributed by atoms with Crippen molar-refractivity contribution in [2.45, 2.75) is 14.7 Å². The second kappa shape index (κ2) is 14.1. The third kappa shape index (κ3) is 8.16. The molecule has 5 aromatic rings. The summed E-state index contributed by atoms with van der Waals surface area (Å²) < 4.78 is 107. The Morgan fingerprint density at radius 1 is 0.628 bits per heavy atom. The van der Waals surface area contributed by atoms with E-state index < -0.39 is 45.0 Å². The number of aromatic nitrogens is 3. The standard InChI is InChI=1S/C24H18N4O9S3.3Na/c25-16-9-7-14(21(11-16)38(29,30)31)5-6-15-8-10-17(12-22(15)39(32,33)34)28-26-20-13-23(40(35,36)37)18-3-1-2-4-19(18)24(20)27-28;;;/h1-13H,25H2,(H,29,30,31)(H,32,33,34)(H,35,36,37);;;/q;3*+1/p-3. The summed E-state index contributed by atoms with van der Waals surface area (Å²) in [7, 11) is -14.9. The van der Waals surface area contributed by atoms with Gasteiger partial charge in [0.2, 0.25) is 0 Å². The van der Waals surface area contributed by atoms with Gasteiger partial charge in [-0.1, -0.05) is 48.6 Å². The fourth-order valence-electron chi connectivity index (χ4n) is 4.12. The first-order chi connectivity index (χ1) is 18.6. The van der Waals surface area contributed by atoms with Crippen LogP contribution < -0.4 is 94.4 Å². The van der Waals surface area contributed by atoms with Crippen molar-refractivity contribution in [2.24, 2.45) is 0 Å². The summed E-state index contributed by atoms with van der Waals surface area (Å²) in [6, 6.07) is 14.3. The van der Waals surface area contributed by atoms with E-state index in [2.05, 4.69) is 10.2 Å². The van der Waals surface area contributed by atoms with Gasteiger partial charge in [0, 0.05) is 16.5 Å². The number of benzene rings is 4. The summed E-state index contributed by atoms with van der Waals surface area (Å²) in [5.41, 5.74) is 5.62. The van der Waals surface area contributed by atoms with Crippen molar-refractivity contribution >= 4 is 70.0 Å². The van der Waals surface area contributed by atoms with E-state index >= 15 is 0 Å². The fraction of sp³-hybridized carbons (Fsp3) is 0. The first-order valence-electron chi connectivity index (χ1n) is 11.0. The first kappa shape index (κ1) is 38.0. The van der Waals surface area contributed by atoms with Crippen LogP contribution in [0.5, 0.6) is 0 Å². The molecule has 0 spiro atoms. The second-order valence-corrected chi connectivity index (χ2v) is 12.5. The molecule has 2 N–H and O–H groups in total. The number of rotatable bonds is 6. The predicted octanol–water partition coefficient (Wildman–Crippen LogP) is -6.95. The van der Waals surface area contributed by atoms with Crippen molar-refractivity contribution in [1.29, 1.82) is 0 Å². The van der Waals surface area contributed by atoms with Gasteiger partial charge in [-0.3, -0.25) is 0 Å². The molecule has 19 heteroatoms. The van der Waals surface area contributed by atoms with Crippen LogP contribution in [0.1, 0.15) is 11.1 Å². The zero-order valence-corrected chi connectivity index (χ0v) is 31.3. The molecule has 206 valence electrons. The molecule has 0 fully saturated rings. The molecule has 0 unspecified atom stereocenters. The number of nitrogens with two attached hydrogens (primary N) is 1. The van der Waals surface area contributed by atoms with Crippen molar-refractivity contribution in [1.82, 2.24) is 15.0 Å². The zero-order chi connectivity index (χ0) is 29.0. The minimum atomic E-state index is -5.10. The van der Waals surface area contributed by atoms with E-state index in [4.69, 9.17) is 5.73 Å². The van der Waals surface area contributed by atoms with Gasteiger partial charge in [0.05, 0.1) is 20.4 Å². The van der Waals surface area contributed by atoms with E-state index in [-0.39, 0.29) is 128 Å². The van der Waals surface area contributed by atoms with Crippen LogP contribution in [0.25, 0.3) is 39.6 Å². The van der Waals surface area contributed by atoms with Crippen LogP contribution in [-0.4, -0.2) is 53.9 Å². The van der Waals surface area contributed by atoms with Crippen LogP contribution in [0, 0.1) is 0 Å². The van der Waals surface area contributed by atoms with Crippen LogP contribution in [0.2, 0.25) is 0 Å². The van der Waals surface area contributed by atoms with Crippen LogP contribution in [0.4, 0.5) is 5.69 Å². The zero-order valence-electron chi connectivity index (χ0n) is 22.8. The molecule has 1 aromatic heterocycles. The molecular weight excluding hydrogens is 653 g/mol. The molecular formula is C24H15N4Na3O9S3. The molecule has 5 rings (SSSR count). The Labute approximate surface area is 312 Å². The number of anilines is 1. The van der Waals surface area contributed by atoms with E-state index in [1.54, 1.807) is 18.2 Å². The largest absolute Gasteiger partial charge is 1.00 e. The molecule has 0 atom stereocenters. The summed E-state index contributed by atoms with van der Waals surface area (Å²) >= 11 is 0. The minimum Gasteiger partial charge on any atom is -0.744 e. The average Bonchev–Trinajstić information content (AvgIpc) is 3.30. The van der Waals surface area contributed by atoms with Gasteiger partial charge in [0.15, 0.2) is 0 Å². The maximum atomic E-state index is 12.1. The molecule has 1 heterocycles. The fourth-order valence-corrected chi connectivity index (χ4v) is 6.22. The van der Waals surface area contributed by atoms with Gasteiger partial charge in [0.25, 0.3) is 0 Å². The number of hydrogen-bond donors (Lipinski definition) is 1. The Balaban J connectivity index is 0.00000215. The third-order valence-electron chi connectivity index (χ3n) is 5.87. The van der Waals surface area contributed by atoms with Crippen LogP contribution in [0.15, 0.2) is 81.4 Å². The Bertz CT molecular complexity index is 2220. The molecule has 0 amide bonds. The topological polar surface area (TPSA) is 228 Å². The average molecular weight is 669 g/mol. The van der Waals surface area contributed by atoms with E-state index in [9.17, 15) is 38.9 Å². The van der Waals surface area contributed by atoms with E-state index in [0.29, 0.717) is 5.39 Å². The summed E-state index contributed by atoms with van der Waals surface area (Å²) in [4.78, 5) is -0.876. The molecule has 0 saturated heterocycles. The Morgan fingerprint density at radius 2 is 1.14 bits per heavy atom. The molecule has 0 aliphatic heterocycles. The maximum Gasteiger partial charge on any atom is 1.00 e. The Kier molecular flexibility index (Phi) is 12.4. The number of hydrogen-bond acceptors (Lipinski definition) is 12. The normalized spacial score (nSPS) is 12.1. The molecule has 0 radical (unpaired) electrons. The van der Waals surface area contributed by atoms with E-state index in [1.807, 2.05) is 0 Å². The maximum absolute atomic E-state index is 12.1. The Hall–Kier alpha value is -1.19. The van der Waals surface area contributed by atoms with Gasteiger partial charge >= 0.3 is 88.7 Å². The molecule has 0 aliphatic rings.